The maximum atomic E-state index is 13.4. The van der Waals surface area contributed by atoms with Crippen molar-refractivity contribution >= 4 is 34.2 Å². The van der Waals surface area contributed by atoms with Gasteiger partial charge < -0.3 is 15.2 Å². The van der Waals surface area contributed by atoms with Crippen LogP contribution in [0, 0.1) is 5.92 Å². The van der Waals surface area contributed by atoms with E-state index in [4.69, 9.17) is 4.98 Å². The molecule has 0 radical (unpaired) electrons. The van der Waals surface area contributed by atoms with Crippen molar-refractivity contribution in [1.82, 2.24) is 20.2 Å². The molecule has 1 saturated carbocycles. The molecular weight excluding hydrogens is 516 g/mol. The first kappa shape index (κ1) is 28.1. The minimum Gasteiger partial charge on any atom is -0.351 e. The van der Waals surface area contributed by atoms with Crippen LogP contribution in [0.4, 0.5) is 0 Å². The molecule has 0 saturated heterocycles. The SMILES string of the molecule is CCC(CC)n1c(Cc2cccs2)nc2cc(C(=O)N[C@@H](CC(C)C)C(=O)N[C@H]3C[C@@H]3c3ccccc3)ccc21. The third kappa shape index (κ3) is 6.30. The molecule has 210 valence electrons. The number of hydrogen-bond donors (Lipinski definition) is 2. The summed E-state index contributed by atoms with van der Waals surface area (Å²) in [5.74, 6) is 1.28. The van der Waals surface area contributed by atoms with Gasteiger partial charge in [0.2, 0.25) is 5.91 Å². The van der Waals surface area contributed by atoms with E-state index in [-0.39, 0.29) is 23.8 Å². The largest absolute Gasteiger partial charge is 0.351 e. The Balaban J connectivity index is 1.34. The van der Waals surface area contributed by atoms with E-state index < -0.39 is 6.04 Å². The van der Waals surface area contributed by atoms with Gasteiger partial charge in [0.05, 0.1) is 11.0 Å². The summed E-state index contributed by atoms with van der Waals surface area (Å²) in [5.41, 5.74) is 3.64. The molecule has 2 N–H and O–H groups in total. The predicted molar refractivity (Wildman–Crippen MR) is 163 cm³/mol. The molecule has 0 aliphatic heterocycles. The Morgan fingerprint density at radius 3 is 2.50 bits per heavy atom. The molecule has 2 aromatic heterocycles. The Morgan fingerprint density at radius 2 is 1.82 bits per heavy atom. The molecule has 0 bridgehead atoms. The van der Waals surface area contributed by atoms with E-state index in [9.17, 15) is 9.59 Å². The summed E-state index contributed by atoms with van der Waals surface area (Å²) in [5, 5.41) is 8.31. The van der Waals surface area contributed by atoms with E-state index in [1.165, 1.54) is 10.4 Å². The fourth-order valence-electron chi connectivity index (χ4n) is 5.70. The number of thiophene rings is 1. The maximum absolute atomic E-state index is 13.4. The molecule has 3 atom stereocenters. The van der Waals surface area contributed by atoms with Gasteiger partial charge in [0.1, 0.15) is 11.9 Å². The van der Waals surface area contributed by atoms with Gasteiger partial charge in [-0.25, -0.2) is 4.98 Å². The second-order valence-corrected chi connectivity index (χ2v) is 12.4. The van der Waals surface area contributed by atoms with Gasteiger partial charge in [-0.15, -0.1) is 11.3 Å². The molecule has 2 amide bonds. The van der Waals surface area contributed by atoms with E-state index in [2.05, 4.69) is 72.5 Å². The molecule has 1 aliphatic rings. The second-order valence-electron chi connectivity index (χ2n) is 11.4. The third-order valence-electron chi connectivity index (χ3n) is 7.92. The summed E-state index contributed by atoms with van der Waals surface area (Å²) in [6.45, 7) is 8.56. The summed E-state index contributed by atoms with van der Waals surface area (Å²) in [7, 11) is 0. The van der Waals surface area contributed by atoms with Crippen LogP contribution in [0.25, 0.3) is 11.0 Å². The van der Waals surface area contributed by atoms with Crippen LogP contribution in [0.5, 0.6) is 0 Å². The summed E-state index contributed by atoms with van der Waals surface area (Å²) in [6, 6.07) is 20.1. The van der Waals surface area contributed by atoms with Crippen molar-refractivity contribution < 1.29 is 9.59 Å². The van der Waals surface area contributed by atoms with Crippen molar-refractivity contribution in [2.75, 3.05) is 0 Å². The lowest BCUT2D eigenvalue weighted by molar-refractivity contribution is -0.123. The highest BCUT2D eigenvalue weighted by atomic mass is 32.1. The van der Waals surface area contributed by atoms with E-state index in [1.807, 2.05) is 36.4 Å². The minimum absolute atomic E-state index is 0.109. The fraction of sp³-hybridized carbons (Fsp3) is 0.424. The number of carbonyl (C=O) groups is 2. The predicted octanol–water partition coefficient (Wildman–Crippen LogP) is 6.87. The summed E-state index contributed by atoms with van der Waals surface area (Å²) < 4.78 is 2.35. The lowest BCUT2D eigenvalue weighted by Crippen LogP contribution is -2.48. The number of nitrogens with one attached hydrogen (secondary N) is 2. The number of carbonyl (C=O) groups excluding carboxylic acids is 2. The smallest absolute Gasteiger partial charge is 0.252 e. The van der Waals surface area contributed by atoms with Gasteiger partial charge in [-0.3, -0.25) is 9.59 Å². The van der Waals surface area contributed by atoms with Gasteiger partial charge in [-0.05, 0) is 66.8 Å². The topological polar surface area (TPSA) is 76.0 Å². The lowest BCUT2D eigenvalue weighted by atomic mass is 10.0. The van der Waals surface area contributed by atoms with Crippen molar-refractivity contribution in [3.05, 3.63) is 87.9 Å². The minimum atomic E-state index is -0.586. The highest BCUT2D eigenvalue weighted by Crippen LogP contribution is 2.40. The van der Waals surface area contributed by atoms with Crippen LogP contribution in [0.15, 0.2) is 66.0 Å². The number of hydrogen-bond acceptors (Lipinski definition) is 4. The van der Waals surface area contributed by atoms with E-state index in [1.54, 1.807) is 11.3 Å². The van der Waals surface area contributed by atoms with Crippen molar-refractivity contribution in [3.8, 4) is 0 Å². The maximum Gasteiger partial charge on any atom is 0.252 e. The van der Waals surface area contributed by atoms with Gasteiger partial charge in [0, 0.05) is 34.9 Å². The van der Waals surface area contributed by atoms with Crippen molar-refractivity contribution in [2.45, 2.75) is 83.8 Å². The van der Waals surface area contributed by atoms with E-state index in [0.29, 0.717) is 23.9 Å². The molecule has 1 aliphatic carbocycles. The summed E-state index contributed by atoms with van der Waals surface area (Å²) in [6.07, 6.45) is 4.31. The first-order valence-electron chi connectivity index (χ1n) is 14.6. The Labute approximate surface area is 241 Å². The van der Waals surface area contributed by atoms with Crippen molar-refractivity contribution in [3.63, 3.8) is 0 Å². The Morgan fingerprint density at radius 1 is 1.05 bits per heavy atom. The Kier molecular flexibility index (Phi) is 8.69. The monoisotopic (exact) mass is 556 g/mol. The van der Waals surface area contributed by atoms with Crippen LogP contribution in [0.1, 0.15) is 92.0 Å². The number of fused-ring (bicyclic) bond motifs is 1. The van der Waals surface area contributed by atoms with Gasteiger partial charge in [0.25, 0.3) is 5.91 Å². The van der Waals surface area contributed by atoms with Gasteiger partial charge in [-0.2, -0.15) is 0 Å². The molecular formula is C33H40N4O2S. The first-order valence-corrected chi connectivity index (χ1v) is 15.4. The van der Waals surface area contributed by atoms with Crippen molar-refractivity contribution in [1.29, 1.82) is 0 Å². The second kappa shape index (κ2) is 12.4. The Bertz CT molecular complexity index is 1440. The zero-order valence-electron chi connectivity index (χ0n) is 23.9. The average molecular weight is 557 g/mol. The number of amides is 2. The summed E-state index contributed by atoms with van der Waals surface area (Å²) >= 11 is 1.74. The highest BCUT2D eigenvalue weighted by molar-refractivity contribution is 7.09. The lowest BCUT2D eigenvalue weighted by Gasteiger charge is -2.21. The quantitative estimate of drug-likeness (QED) is 0.200. The van der Waals surface area contributed by atoms with Crippen LogP contribution in [-0.2, 0) is 11.2 Å². The third-order valence-corrected chi connectivity index (χ3v) is 8.80. The first-order chi connectivity index (χ1) is 19.4. The van der Waals surface area contributed by atoms with Gasteiger partial charge in [0.15, 0.2) is 0 Å². The zero-order chi connectivity index (χ0) is 28.2. The van der Waals surface area contributed by atoms with Crippen LogP contribution >= 0.6 is 11.3 Å². The molecule has 2 heterocycles. The number of aromatic nitrogens is 2. The number of rotatable bonds is 12. The van der Waals surface area contributed by atoms with Crippen molar-refractivity contribution in [2.24, 2.45) is 5.92 Å². The van der Waals surface area contributed by atoms with E-state index in [0.717, 1.165) is 42.5 Å². The van der Waals surface area contributed by atoms with Gasteiger partial charge >= 0.3 is 0 Å². The molecule has 7 heteroatoms. The molecule has 2 aromatic carbocycles. The number of benzene rings is 2. The molecule has 4 aromatic rings. The molecule has 0 unspecified atom stereocenters. The molecule has 6 nitrogen and oxygen atoms in total. The molecule has 1 fully saturated rings. The van der Waals surface area contributed by atoms with Crippen LogP contribution in [-0.4, -0.2) is 33.4 Å². The standard InChI is InChI=1S/C33H40N4O2S/c1-5-24(6-2)37-30-15-14-23(18-28(30)34-31(37)19-25-13-10-16-40-25)32(38)36-29(17-21(3)4)33(39)35-27-20-26(27)22-11-8-7-9-12-22/h7-16,18,21,24,26-27,29H,5-6,17,19-20H2,1-4H3,(H,35,39)(H,36,38)/t26-,27+,29+/m1/s1. The van der Waals surface area contributed by atoms with Crippen LogP contribution in [0.3, 0.4) is 0 Å². The zero-order valence-corrected chi connectivity index (χ0v) is 24.7. The normalized spacial score (nSPS) is 17.4. The number of imidazole rings is 1. The summed E-state index contributed by atoms with van der Waals surface area (Å²) in [4.78, 5) is 33.0. The van der Waals surface area contributed by atoms with E-state index >= 15 is 0 Å². The Hall–Kier alpha value is -3.45. The molecule has 0 spiro atoms. The average Bonchev–Trinajstić information content (AvgIpc) is 3.34. The molecule has 40 heavy (non-hydrogen) atoms. The van der Waals surface area contributed by atoms with Crippen LogP contribution in [0.2, 0.25) is 0 Å². The fourth-order valence-corrected chi connectivity index (χ4v) is 6.40. The molecule has 5 rings (SSSR count). The van der Waals surface area contributed by atoms with Gasteiger partial charge in [-0.1, -0.05) is 64.1 Å². The number of nitrogens with zero attached hydrogens (tertiary/aromatic N) is 2. The van der Waals surface area contributed by atoms with Crippen LogP contribution < -0.4 is 10.6 Å². The highest BCUT2D eigenvalue weighted by Gasteiger charge is 2.40.